The second kappa shape index (κ2) is 7.89. The molecule has 122 valence electrons. The molecule has 0 aliphatic carbocycles. The fourth-order valence-corrected chi connectivity index (χ4v) is 2.87. The number of aromatic nitrogens is 1. The van der Waals surface area contributed by atoms with Gasteiger partial charge in [0, 0.05) is 24.0 Å². The molecule has 0 atom stereocenters. The van der Waals surface area contributed by atoms with Crippen LogP contribution in [0.25, 0.3) is 11.1 Å². The minimum Gasteiger partial charge on any atom is -0.312 e. The Kier molecular flexibility index (Phi) is 5.39. The molecule has 0 unspecified atom stereocenters. The van der Waals surface area contributed by atoms with Crippen molar-refractivity contribution in [3.8, 4) is 11.1 Å². The van der Waals surface area contributed by atoms with Crippen LogP contribution in [0.15, 0.2) is 66.9 Å². The highest BCUT2D eigenvalue weighted by Gasteiger charge is 2.04. The fraction of sp³-hybridized carbons (Fsp3) is 0.227. The normalized spacial score (nSPS) is 10.8. The molecule has 0 saturated heterocycles. The van der Waals surface area contributed by atoms with E-state index in [-0.39, 0.29) is 0 Å². The van der Waals surface area contributed by atoms with Crippen molar-refractivity contribution in [1.82, 2.24) is 10.3 Å². The van der Waals surface area contributed by atoms with E-state index in [0.717, 1.165) is 25.2 Å². The highest BCUT2D eigenvalue weighted by molar-refractivity contribution is 5.63. The first-order valence-corrected chi connectivity index (χ1v) is 8.50. The average Bonchev–Trinajstić information content (AvgIpc) is 2.62. The first-order chi connectivity index (χ1) is 11.7. The summed E-state index contributed by atoms with van der Waals surface area (Å²) in [5.41, 5.74) is 7.55. The van der Waals surface area contributed by atoms with Gasteiger partial charge in [0.25, 0.3) is 0 Å². The molecule has 0 bridgehead atoms. The molecule has 1 aromatic heterocycles. The molecule has 0 amide bonds. The van der Waals surface area contributed by atoms with E-state index in [4.69, 9.17) is 0 Å². The zero-order valence-corrected chi connectivity index (χ0v) is 14.4. The van der Waals surface area contributed by atoms with Crippen molar-refractivity contribution in [3.63, 3.8) is 0 Å². The van der Waals surface area contributed by atoms with Gasteiger partial charge in [-0.3, -0.25) is 4.98 Å². The van der Waals surface area contributed by atoms with Crippen LogP contribution in [0, 0.1) is 13.8 Å². The summed E-state index contributed by atoms with van der Waals surface area (Å²) in [7, 11) is 0. The van der Waals surface area contributed by atoms with Crippen LogP contribution in [0.5, 0.6) is 0 Å². The van der Waals surface area contributed by atoms with Gasteiger partial charge in [0.1, 0.15) is 0 Å². The SMILES string of the molecule is Cc1ccccc1CNCCc1cc(-c2ccccc2)cnc1C. The van der Waals surface area contributed by atoms with Gasteiger partial charge < -0.3 is 5.32 Å². The zero-order chi connectivity index (χ0) is 16.8. The molecule has 0 radical (unpaired) electrons. The number of nitrogens with zero attached hydrogens (tertiary/aromatic N) is 1. The predicted molar refractivity (Wildman–Crippen MR) is 101 cm³/mol. The highest BCUT2D eigenvalue weighted by Crippen LogP contribution is 2.20. The average molecular weight is 316 g/mol. The zero-order valence-electron chi connectivity index (χ0n) is 14.4. The molecule has 1 heterocycles. The van der Waals surface area contributed by atoms with Gasteiger partial charge in [-0.05, 0) is 55.1 Å². The van der Waals surface area contributed by atoms with E-state index in [9.17, 15) is 0 Å². The lowest BCUT2D eigenvalue weighted by Gasteiger charge is -2.10. The summed E-state index contributed by atoms with van der Waals surface area (Å²) < 4.78 is 0. The maximum Gasteiger partial charge on any atom is 0.0405 e. The quantitative estimate of drug-likeness (QED) is 0.667. The van der Waals surface area contributed by atoms with Crippen LogP contribution >= 0.6 is 0 Å². The van der Waals surface area contributed by atoms with Crippen LogP contribution < -0.4 is 5.32 Å². The van der Waals surface area contributed by atoms with Crippen LogP contribution in [0.2, 0.25) is 0 Å². The van der Waals surface area contributed by atoms with Gasteiger partial charge in [-0.2, -0.15) is 0 Å². The van der Waals surface area contributed by atoms with Gasteiger partial charge in [-0.15, -0.1) is 0 Å². The van der Waals surface area contributed by atoms with Crippen LogP contribution in [-0.4, -0.2) is 11.5 Å². The number of hydrogen-bond donors (Lipinski definition) is 1. The molecule has 0 aliphatic heterocycles. The summed E-state index contributed by atoms with van der Waals surface area (Å²) in [5.74, 6) is 0. The second-order valence-electron chi connectivity index (χ2n) is 6.19. The minimum absolute atomic E-state index is 0.914. The van der Waals surface area contributed by atoms with Gasteiger partial charge in [0.15, 0.2) is 0 Å². The Morgan fingerprint density at radius 3 is 2.38 bits per heavy atom. The third-order valence-electron chi connectivity index (χ3n) is 4.45. The molecule has 0 saturated carbocycles. The minimum atomic E-state index is 0.914. The largest absolute Gasteiger partial charge is 0.312 e. The number of aryl methyl sites for hydroxylation is 2. The molecule has 2 heteroatoms. The van der Waals surface area contributed by atoms with Gasteiger partial charge >= 0.3 is 0 Å². The Labute approximate surface area is 144 Å². The maximum absolute atomic E-state index is 4.58. The molecule has 24 heavy (non-hydrogen) atoms. The van der Waals surface area contributed by atoms with Crippen molar-refractivity contribution in [1.29, 1.82) is 0 Å². The van der Waals surface area contributed by atoms with Crippen LogP contribution in [0.4, 0.5) is 0 Å². The predicted octanol–water partition coefficient (Wildman–Crippen LogP) is 4.70. The molecule has 2 aromatic carbocycles. The standard InChI is InChI=1S/C22H24N2/c1-17-8-6-7-11-21(17)15-23-13-12-20-14-22(16-24-18(20)2)19-9-4-3-5-10-19/h3-11,14,16,23H,12-13,15H2,1-2H3. The Bertz CT molecular complexity index is 794. The van der Waals surface area contributed by atoms with Gasteiger partial charge in [-0.25, -0.2) is 0 Å². The van der Waals surface area contributed by atoms with Crippen molar-refractivity contribution >= 4 is 0 Å². The van der Waals surface area contributed by atoms with E-state index >= 15 is 0 Å². The van der Waals surface area contributed by atoms with Crippen molar-refractivity contribution < 1.29 is 0 Å². The molecule has 1 N–H and O–H groups in total. The number of benzene rings is 2. The van der Waals surface area contributed by atoms with E-state index < -0.39 is 0 Å². The molecule has 0 fully saturated rings. The summed E-state index contributed by atoms with van der Waals surface area (Å²) >= 11 is 0. The third-order valence-corrected chi connectivity index (χ3v) is 4.45. The van der Waals surface area contributed by atoms with Crippen molar-refractivity contribution in [3.05, 3.63) is 89.2 Å². The number of nitrogens with one attached hydrogen (secondary N) is 1. The summed E-state index contributed by atoms with van der Waals surface area (Å²) in [6.07, 6.45) is 2.96. The Morgan fingerprint density at radius 2 is 1.58 bits per heavy atom. The molecule has 0 aliphatic rings. The van der Waals surface area contributed by atoms with E-state index in [2.05, 4.69) is 78.7 Å². The Balaban J connectivity index is 1.62. The number of hydrogen-bond acceptors (Lipinski definition) is 2. The molecule has 3 aromatic rings. The summed E-state index contributed by atoms with van der Waals surface area (Å²) in [6, 6.07) is 21.2. The van der Waals surface area contributed by atoms with Crippen LogP contribution in [0.3, 0.4) is 0 Å². The lowest BCUT2D eigenvalue weighted by atomic mass is 10.0. The van der Waals surface area contributed by atoms with Crippen molar-refractivity contribution in [2.45, 2.75) is 26.8 Å². The first-order valence-electron chi connectivity index (χ1n) is 8.50. The van der Waals surface area contributed by atoms with Gasteiger partial charge in [0.05, 0.1) is 0 Å². The summed E-state index contributed by atoms with van der Waals surface area (Å²) in [4.78, 5) is 4.58. The van der Waals surface area contributed by atoms with Crippen molar-refractivity contribution in [2.24, 2.45) is 0 Å². The van der Waals surface area contributed by atoms with Gasteiger partial charge in [-0.1, -0.05) is 54.6 Å². The van der Waals surface area contributed by atoms with Crippen LogP contribution in [0.1, 0.15) is 22.4 Å². The molecular weight excluding hydrogens is 292 g/mol. The van der Waals surface area contributed by atoms with E-state index in [1.165, 1.54) is 27.8 Å². The molecule has 0 spiro atoms. The Morgan fingerprint density at radius 1 is 0.833 bits per heavy atom. The highest BCUT2D eigenvalue weighted by atomic mass is 14.8. The number of pyridine rings is 1. The van der Waals surface area contributed by atoms with Crippen LogP contribution in [-0.2, 0) is 13.0 Å². The maximum atomic E-state index is 4.58. The number of rotatable bonds is 6. The van der Waals surface area contributed by atoms with E-state index in [0.29, 0.717) is 0 Å². The van der Waals surface area contributed by atoms with E-state index in [1.807, 2.05) is 12.3 Å². The second-order valence-corrected chi connectivity index (χ2v) is 6.19. The lowest BCUT2D eigenvalue weighted by Crippen LogP contribution is -2.17. The fourth-order valence-electron chi connectivity index (χ4n) is 2.87. The van der Waals surface area contributed by atoms with E-state index in [1.54, 1.807) is 0 Å². The third kappa shape index (κ3) is 4.09. The molecular formula is C22H24N2. The summed E-state index contributed by atoms with van der Waals surface area (Å²) in [6.45, 7) is 6.12. The molecule has 2 nitrogen and oxygen atoms in total. The summed E-state index contributed by atoms with van der Waals surface area (Å²) in [5, 5.41) is 3.55. The molecule has 3 rings (SSSR count). The monoisotopic (exact) mass is 316 g/mol. The lowest BCUT2D eigenvalue weighted by molar-refractivity contribution is 0.682. The van der Waals surface area contributed by atoms with Crippen molar-refractivity contribution in [2.75, 3.05) is 6.54 Å². The topological polar surface area (TPSA) is 24.9 Å². The van der Waals surface area contributed by atoms with Gasteiger partial charge in [0.2, 0.25) is 0 Å². The first kappa shape index (κ1) is 16.4. The smallest absolute Gasteiger partial charge is 0.0405 e. The Hall–Kier alpha value is -2.45.